The quantitative estimate of drug-likeness (QED) is 0.0257. The molecule has 0 rings (SSSR count). The van der Waals surface area contributed by atoms with Crippen LogP contribution in [0.25, 0.3) is 0 Å². The zero-order valence-corrected chi connectivity index (χ0v) is 43.2. The van der Waals surface area contributed by atoms with Crippen LogP contribution in [-0.2, 0) is 34.8 Å². The van der Waals surface area contributed by atoms with Gasteiger partial charge in [-0.2, -0.15) is 0 Å². The number of ether oxygens (including phenoxy) is 2. The maximum absolute atomic E-state index is 13.4. The Morgan fingerprint density at radius 1 is 0.295 bits per heavy atom. The second kappa shape index (κ2) is 46.2. The Hall–Kier alpha value is -1.84. The summed E-state index contributed by atoms with van der Waals surface area (Å²) in [7, 11) is 0. The summed E-state index contributed by atoms with van der Waals surface area (Å²) in [6, 6.07) is 0. The normalized spacial score (nSPS) is 11.7. The van der Waals surface area contributed by atoms with Gasteiger partial charge in [0.1, 0.15) is 0 Å². The molecular formula is C52H96O8Sn. The van der Waals surface area contributed by atoms with Crippen LogP contribution in [0.15, 0.2) is 24.3 Å². The third kappa shape index (κ3) is 41.9. The van der Waals surface area contributed by atoms with Crippen molar-refractivity contribution < 1.29 is 34.8 Å². The van der Waals surface area contributed by atoms with Crippen LogP contribution in [0.2, 0.25) is 8.87 Å². The van der Waals surface area contributed by atoms with Crippen molar-refractivity contribution in [2.24, 2.45) is 0 Å². The predicted octanol–water partition coefficient (Wildman–Crippen LogP) is 15.8. The molecule has 0 heterocycles. The molecule has 8 nitrogen and oxygen atoms in total. The molecule has 0 spiro atoms. The van der Waals surface area contributed by atoms with E-state index in [-0.39, 0.29) is 0 Å². The summed E-state index contributed by atoms with van der Waals surface area (Å²) in [6.07, 6.45) is 46.2. The van der Waals surface area contributed by atoms with Crippen LogP contribution in [0.3, 0.4) is 0 Å². The second-order valence-corrected chi connectivity index (χ2v) is 26.8. The van der Waals surface area contributed by atoms with E-state index in [4.69, 9.17) is 15.6 Å². The average Bonchev–Trinajstić information content (AvgIpc) is 3.25. The molecule has 0 fully saturated rings. The number of unbranched alkanes of at least 4 members (excludes halogenated alkanes) is 32. The molecule has 0 aromatic rings. The van der Waals surface area contributed by atoms with Gasteiger partial charge in [-0.05, 0) is 0 Å². The molecule has 61 heavy (non-hydrogen) atoms. The number of esters is 2. The molecule has 0 amide bonds. The molecule has 0 N–H and O–H groups in total. The smallest absolute Gasteiger partial charge is 0.0654 e. The minimum atomic E-state index is -4.45. The summed E-state index contributed by atoms with van der Waals surface area (Å²) < 4.78 is 24.3. The maximum atomic E-state index is 13.4. The number of carbonyl (C=O) groups excluding carboxylic acids is 4. The van der Waals surface area contributed by atoms with Crippen LogP contribution in [0, 0.1) is 0 Å². The molecule has 0 saturated carbocycles. The van der Waals surface area contributed by atoms with E-state index in [0.29, 0.717) is 22.1 Å². The van der Waals surface area contributed by atoms with Crippen molar-refractivity contribution >= 4 is 43.1 Å². The average molecular weight is 968 g/mol. The summed E-state index contributed by atoms with van der Waals surface area (Å²) in [4.78, 5) is 51.9. The van der Waals surface area contributed by atoms with Crippen LogP contribution >= 0.6 is 0 Å². The molecule has 356 valence electrons. The Bertz CT molecular complexity index is 1010. The molecule has 0 aromatic carbocycles. The molecule has 0 aromatic heterocycles. The van der Waals surface area contributed by atoms with Gasteiger partial charge in [-0.1, -0.05) is 52.4 Å². The first kappa shape index (κ1) is 59.2. The zero-order valence-electron chi connectivity index (χ0n) is 40.4. The number of carbonyl (C=O) groups is 4. The minimum Gasteiger partial charge on any atom is -0.0654 e. The number of hydrogen-bond acceptors (Lipinski definition) is 8. The third-order valence-electron chi connectivity index (χ3n) is 11.6. The second-order valence-electron chi connectivity index (χ2n) is 17.6. The molecule has 9 heteroatoms. The molecular weight excluding hydrogens is 871 g/mol. The van der Waals surface area contributed by atoms with Gasteiger partial charge >= 0.3 is 331 Å². The fourth-order valence-electron chi connectivity index (χ4n) is 7.73. The first-order chi connectivity index (χ1) is 29.8. The van der Waals surface area contributed by atoms with E-state index >= 15 is 0 Å². The van der Waals surface area contributed by atoms with Crippen LogP contribution < -0.4 is 0 Å². The van der Waals surface area contributed by atoms with Gasteiger partial charge < -0.3 is 0 Å². The molecule has 0 unspecified atom stereocenters. The molecule has 0 bridgehead atoms. The molecule has 0 atom stereocenters. The van der Waals surface area contributed by atoms with Gasteiger partial charge in [-0.15, -0.1) is 0 Å². The fourth-order valence-corrected chi connectivity index (χ4v) is 16.7. The Labute approximate surface area is 381 Å². The summed E-state index contributed by atoms with van der Waals surface area (Å²) in [6.45, 7) is 9.55. The molecule has 0 radical (unpaired) electrons. The molecule has 0 aliphatic rings. The molecule has 0 saturated heterocycles. The van der Waals surface area contributed by atoms with Crippen molar-refractivity contribution in [3.05, 3.63) is 24.3 Å². The number of hydrogen-bond donors (Lipinski definition) is 0. The van der Waals surface area contributed by atoms with E-state index < -0.39 is 43.1 Å². The first-order valence-electron chi connectivity index (χ1n) is 26.0. The van der Waals surface area contributed by atoms with Crippen LogP contribution in [0.4, 0.5) is 0 Å². The Morgan fingerprint density at radius 3 is 0.770 bits per heavy atom. The molecule has 0 aliphatic carbocycles. The summed E-state index contributed by atoms with van der Waals surface area (Å²) in [5.74, 6) is -2.48. The first-order valence-corrected chi connectivity index (χ1v) is 32.3. The van der Waals surface area contributed by atoms with Gasteiger partial charge in [-0.3, -0.25) is 0 Å². The van der Waals surface area contributed by atoms with E-state index in [1.807, 2.05) is 0 Å². The van der Waals surface area contributed by atoms with E-state index in [0.717, 1.165) is 101 Å². The van der Waals surface area contributed by atoms with Gasteiger partial charge in [-0.25, -0.2) is 0 Å². The van der Waals surface area contributed by atoms with E-state index in [9.17, 15) is 19.2 Å². The standard InChI is InChI=1S/2C14H24O4.2C12H25.Sn/c2*1-2-3-4-5-6-7-8-9-12-18-14(17)11-10-13(15)16;2*1-3-5-7-9-11-12-10-8-6-4-2;/h2*10-11H,2-9,12H2,1H3,(H,15,16);2*1,3-12H2,2H3;/q;;;;+2/p-2. The SMILES string of the molecule is CCCCCCCCCCC[CH2][Sn]([CH2]CCCCCCCCCCC)([O]C(=O)C=CC(=O)OCCCCCCCCCC)[O]C(=O)C=CC(=O)OCCCCCCCCCC. The van der Waals surface area contributed by atoms with Crippen molar-refractivity contribution in [2.45, 2.75) is 268 Å². The van der Waals surface area contributed by atoms with E-state index in [2.05, 4.69) is 27.7 Å². The van der Waals surface area contributed by atoms with Gasteiger partial charge in [0.15, 0.2) is 0 Å². The topological polar surface area (TPSA) is 105 Å². The van der Waals surface area contributed by atoms with Crippen molar-refractivity contribution in [1.82, 2.24) is 0 Å². The van der Waals surface area contributed by atoms with Crippen molar-refractivity contribution in [1.29, 1.82) is 0 Å². The van der Waals surface area contributed by atoms with Gasteiger partial charge in [0.25, 0.3) is 0 Å². The van der Waals surface area contributed by atoms with Gasteiger partial charge in [0.2, 0.25) is 0 Å². The van der Waals surface area contributed by atoms with Crippen molar-refractivity contribution in [3.8, 4) is 0 Å². The van der Waals surface area contributed by atoms with Crippen molar-refractivity contribution in [3.63, 3.8) is 0 Å². The monoisotopic (exact) mass is 969 g/mol. The third-order valence-corrected chi connectivity index (χ3v) is 21.2. The zero-order chi connectivity index (χ0) is 44.8. The summed E-state index contributed by atoms with van der Waals surface area (Å²) in [5.41, 5.74) is 0. The van der Waals surface area contributed by atoms with E-state index in [1.54, 1.807) is 0 Å². The summed E-state index contributed by atoms with van der Waals surface area (Å²) in [5, 5.41) is 0. The van der Waals surface area contributed by atoms with Crippen molar-refractivity contribution in [2.75, 3.05) is 13.2 Å². The van der Waals surface area contributed by atoms with Gasteiger partial charge in [0, 0.05) is 0 Å². The van der Waals surface area contributed by atoms with E-state index in [1.165, 1.54) is 154 Å². The van der Waals surface area contributed by atoms with Crippen LogP contribution in [0.1, 0.15) is 259 Å². The Balaban J connectivity index is 5.55. The predicted molar refractivity (Wildman–Crippen MR) is 257 cm³/mol. The molecule has 0 aliphatic heterocycles. The summed E-state index contributed by atoms with van der Waals surface area (Å²) >= 11 is -4.45. The van der Waals surface area contributed by atoms with Crippen LogP contribution in [-0.4, -0.2) is 56.3 Å². The number of rotatable bonds is 46. The Morgan fingerprint density at radius 2 is 0.508 bits per heavy atom. The van der Waals surface area contributed by atoms with Gasteiger partial charge in [0.05, 0.1) is 0 Å². The fraction of sp³-hybridized carbons (Fsp3) is 0.846. The minimum absolute atomic E-state index is 0.319. The Kier molecular flexibility index (Phi) is 44.8. The van der Waals surface area contributed by atoms with Crippen LogP contribution in [0.5, 0.6) is 0 Å².